The molecule has 1 saturated carbocycles. The van der Waals surface area contributed by atoms with Gasteiger partial charge in [0.15, 0.2) is 0 Å². The molecule has 2 aromatic carbocycles. The summed E-state index contributed by atoms with van der Waals surface area (Å²) >= 11 is 0. The SMILES string of the molecule is C=CCCCCCCCOc1ccc(C(=O)Oc2ccc(CCC3CCC(CCCCC)CC3)cc2)cc1. The molecule has 0 aromatic heterocycles. The zero-order chi connectivity index (χ0) is 26.8. The lowest BCUT2D eigenvalue weighted by Crippen LogP contribution is -2.15. The molecule has 208 valence electrons. The van der Waals surface area contributed by atoms with Crippen LogP contribution in [0.25, 0.3) is 0 Å². The van der Waals surface area contributed by atoms with Crippen LogP contribution in [0.5, 0.6) is 11.5 Å². The van der Waals surface area contributed by atoms with Crippen molar-refractivity contribution in [3.63, 3.8) is 0 Å². The normalized spacial score (nSPS) is 17.2. The predicted molar refractivity (Wildman–Crippen MR) is 159 cm³/mol. The fourth-order valence-electron chi connectivity index (χ4n) is 5.55. The van der Waals surface area contributed by atoms with Crippen LogP contribution in [0.2, 0.25) is 0 Å². The van der Waals surface area contributed by atoms with Gasteiger partial charge in [-0.05, 0) is 85.9 Å². The molecule has 0 saturated heterocycles. The predicted octanol–water partition coefficient (Wildman–Crippen LogP) is 10.1. The highest BCUT2D eigenvalue weighted by Crippen LogP contribution is 2.34. The van der Waals surface area contributed by atoms with Gasteiger partial charge in [0.2, 0.25) is 0 Å². The van der Waals surface area contributed by atoms with Crippen LogP contribution in [0.15, 0.2) is 61.2 Å². The lowest BCUT2D eigenvalue weighted by atomic mass is 9.78. The van der Waals surface area contributed by atoms with E-state index in [1.54, 1.807) is 12.1 Å². The second kappa shape index (κ2) is 17.9. The van der Waals surface area contributed by atoms with Gasteiger partial charge in [-0.3, -0.25) is 0 Å². The van der Waals surface area contributed by atoms with Gasteiger partial charge in [-0.15, -0.1) is 6.58 Å². The molecule has 0 amide bonds. The topological polar surface area (TPSA) is 35.5 Å². The van der Waals surface area contributed by atoms with Crippen LogP contribution >= 0.6 is 0 Å². The van der Waals surface area contributed by atoms with Crippen LogP contribution in [0.4, 0.5) is 0 Å². The summed E-state index contributed by atoms with van der Waals surface area (Å²) in [5.74, 6) is 2.90. The summed E-state index contributed by atoms with van der Waals surface area (Å²) in [5, 5.41) is 0. The van der Waals surface area contributed by atoms with E-state index in [1.165, 1.54) is 89.0 Å². The quantitative estimate of drug-likeness (QED) is 0.0852. The Hall–Kier alpha value is -2.55. The number of benzene rings is 2. The molecule has 3 heteroatoms. The van der Waals surface area contributed by atoms with Crippen molar-refractivity contribution in [3.05, 3.63) is 72.3 Å². The lowest BCUT2D eigenvalue weighted by Gasteiger charge is -2.28. The van der Waals surface area contributed by atoms with Gasteiger partial charge in [0.25, 0.3) is 0 Å². The van der Waals surface area contributed by atoms with Crippen molar-refractivity contribution in [2.45, 2.75) is 110 Å². The van der Waals surface area contributed by atoms with Crippen molar-refractivity contribution in [1.29, 1.82) is 0 Å². The second-order valence-corrected chi connectivity index (χ2v) is 11.2. The number of carbonyl (C=O) groups excluding carboxylic acids is 1. The van der Waals surface area contributed by atoms with E-state index >= 15 is 0 Å². The minimum atomic E-state index is -0.334. The third-order valence-electron chi connectivity index (χ3n) is 8.07. The third kappa shape index (κ3) is 11.5. The fourth-order valence-corrected chi connectivity index (χ4v) is 5.55. The summed E-state index contributed by atoms with van der Waals surface area (Å²) in [6.07, 6.45) is 22.6. The first kappa shape index (κ1) is 30.0. The first-order valence-electron chi connectivity index (χ1n) is 15.3. The van der Waals surface area contributed by atoms with Crippen LogP contribution in [0, 0.1) is 11.8 Å². The first-order chi connectivity index (χ1) is 18.7. The average Bonchev–Trinajstić information content (AvgIpc) is 2.95. The summed E-state index contributed by atoms with van der Waals surface area (Å²) in [4.78, 5) is 12.6. The monoisotopic (exact) mass is 518 g/mol. The summed E-state index contributed by atoms with van der Waals surface area (Å²) in [5.41, 5.74) is 1.86. The molecular formula is C35H50O3. The first-order valence-corrected chi connectivity index (χ1v) is 15.3. The number of aryl methyl sites for hydroxylation is 1. The highest BCUT2D eigenvalue weighted by Gasteiger charge is 2.20. The average molecular weight is 519 g/mol. The van der Waals surface area contributed by atoms with Gasteiger partial charge in [-0.2, -0.15) is 0 Å². The number of allylic oxidation sites excluding steroid dienone is 1. The summed E-state index contributed by atoms with van der Waals surface area (Å²) < 4.78 is 11.4. The van der Waals surface area contributed by atoms with Gasteiger partial charge >= 0.3 is 5.97 Å². The number of unbranched alkanes of at least 4 members (excludes halogenated alkanes) is 7. The smallest absolute Gasteiger partial charge is 0.343 e. The molecule has 2 aromatic rings. The van der Waals surface area contributed by atoms with Gasteiger partial charge in [0, 0.05) is 0 Å². The molecule has 0 bridgehead atoms. The molecule has 1 fully saturated rings. The van der Waals surface area contributed by atoms with Crippen molar-refractivity contribution < 1.29 is 14.3 Å². The summed E-state index contributed by atoms with van der Waals surface area (Å²) in [6.45, 7) is 6.76. The molecule has 38 heavy (non-hydrogen) atoms. The van der Waals surface area contributed by atoms with Gasteiger partial charge in [0.1, 0.15) is 11.5 Å². The van der Waals surface area contributed by atoms with E-state index in [2.05, 4.69) is 25.6 Å². The van der Waals surface area contributed by atoms with E-state index in [-0.39, 0.29) is 5.97 Å². The molecular weight excluding hydrogens is 468 g/mol. The van der Waals surface area contributed by atoms with Crippen LogP contribution in [-0.4, -0.2) is 12.6 Å². The lowest BCUT2D eigenvalue weighted by molar-refractivity contribution is 0.0734. The fraction of sp³-hybridized carbons (Fsp3) is 0.571. The highest BCUT2D eigenvalue weighted by atomic mass is 16.5. The van der Waals surface area contributed by atoms with E-state index in [1.807, 2.05) is 30.3 Å². The van der Waals surface area contributed by atoms with E-state index in [9.17, 15) is 4.79 Å². The molecule has 0 spiro atoms. The number of carbonyl (C=O) groups is 1. The maximum absolute atomic E-state index is 12.6. The summed E-state index contributed by atoms with van der Waals surface area (Å²) in [7, 11) is 0. The Kier molecular flexibility index (Phi) is 14.1. The Morgan fingerprint density at radius 3 is 2.11 bits per heavy atom. The number of hydrogen-bond acceptors (Lipinski definition) is 3. The van der Waals surface area contributed by atoms with Crippen molar-refractivity contribution >= 4 is 5.97 Å². The molecule has 0 radical (unpaired) electrons. The molecule has 1 aliphatic rings. The van der Waals surface area contributed by atoms with Crippen molar-refractivity contribution in [1.82, 2.24) is 0 Å². The number of esters is 1. The molecule has 0 unspecified atom stereocenters. The number of ether oxygens (including phenoxy) is 2. The van der Waals surface area contributed by atoms with Gasteiger partial charge in [-0.25, -0.2) is 4.79 Å². The van der Waals surface area contributed by atoms with Crippen LogP contribution in [-0.2, 0) is 6.42 Å². The molecule has 3 nitrogen and oxygen atoms in total. The van der Waals surface area contributed by atoms with Gasteiger partial charge in [-0.1, -0.05) is 95.8 Å². The van der Waals surface area contributed by atoms with E-state index in [0.717, 1.165) is 36.8 Å². The Bertz CT molecular complexity index is 907. The summed E-state index contributed by atoms with van der Waals surface area (Å²) in [6, 6.07) is 15.3. The molecule has 0 aliphatic heterocycles. The van der Waals surface area contributed by atoms with Crippen LogP contribution in [0.3, 0.4) is 0 Å². The van der Waals surface area contributed by atoms with Crippen LogP contribution in [0.1, 0.15) is 119 Å². The molecule has 0 N–H and O–H groups in total. The molecule has 0 atom stereocenters. The maximum Gasteiger partial charge on any atom is 0.343 e. The number of hydrogen-bond donors (Lipinski definition) is 0. The Labute approximate surface area is 232 Å². The highest BCUT2D eigenvalue weighted by molar-refractivity contribution is 5.91. The Balaban J connectivity index is 1.31. The minimum Gasteiger partial charge on any atom is -0.494 e. The standard InChI is InChI=1S/C35H50O3/c1-3-5-7-8-9-10-12-28-37-33-26-22-32(23-27-33)35(36)38-34-24-20-31(21-25-34)19-18-30-16-14-29(15-17-30)13-11-6-4-2/h3,20-27,29-30H,1,4-19,28H2,2H3. The molecule has 1 aliphatic carbocycles. The van der Waals surface area contributed by atoms with Crippen molar-refractivity contribution in [2.75, 3.05) is 6.61 Å². The Morgan fingerprint density at radius 1 is 0.789 bits per heavy atom. The zero-order valence-corrected chi connectivity index (χ0v) is 23.8. The van der Waals surface area contributed by atoms with E-state index in [4.69, 9.17) is 9.47 Å². The molecule has 3 rings (SSSR count). The zero-order valence-electron chi connectivity index (χ0n) is 23.8. The third-order valence-corrected chi connectivity index (χ3v) is 8.07. The van der Waals surface area contributed by atoms with E-state index < -0.39 is 0 Å². The molecule has 0 heterocycles. The van der Waals surface area contributed by atoms with Crippen molar-refractivity contribution in [2.24, 2.45) is 11.8 Å². The Morgan fingerprint density at radius 2 is 1.42 bits per heavy atom. The van der Waals surface area contributed by atoms with Crippen LogP contribution < -0.4 is 9.47 Å². The minimum absolute atomic E-state index is 0.334. The van der Waals surface area contributed by atoms with Gasteiger partial charge in [0.05, 0.1) is 12.2 Å². The second-order valence-electron chi connectivity index (χ2n) is 11.2. The van der Waals surface area contributed by atoms with Crippen molar-refractivity contribution in [3.8, 4) is 11.5 Å². The van der Waals surface area contributed by atoms with E-state index in [0.29, 0.717) is 17.9 Å². The number of rotatable bonds is 18. The maximum atomic E-state index is 12.6. The van der Waals surface area contributed by atoms with Gasteiger partial charge < -0.3 is 9.47 Å². The largest absolute Gasteiger partial charge is 0.494 e.